The molecule has 1 heterocycles. The Morgan fingerprint density at radius 2 is 1.45 bits per heavy atom. The lowest BCUT2D eigenvalue weighted by Gasteiger charge is -2.29. The maximum Gasteiger partial charge on any atom is 0.279 e. The predicted octanol–water partition coefficient (Wildman–Crippen LogP) is 0.700. The van der Waals surface area contributed by atoms with Gasteiger partial charge in [0.25, 0.3) is 11.8 Å². The van der Waals surface area contributed by atoms with Crippen molar-refractivity contribution in [3.05, 3.63) is 59.9 Å². The minimum absolute atomic E-state index is 0.0126. The molecule has 0 aliphatic carbocycles. The van der Waals surface area contributed by atoms with Crippen molar-refractivity contribution in [3.63, 3.8) is 0 Å². The molecule has 0 unspecified atom stereocenters. The van der Waals surface area contributed by atoms with Crippen LogP contribution in [0, 0.1) is 5.82 Å². The van der Waals surface area contributed by atoms with Crippen molar-refractivity contribution in [2.24, 2.45) is 0 Å². The first-order valence-corrected chi connectivity index (χ1v) is 11.0. The number of quaternary nitrogens is 2. The van der Waals surface area contributed by atoms with Crippen molar-refractivity contribution in [2.75, 3.05) is 49.9 Å². The Hall–Kier alpha value is -2.77. The summed E-state index contributed by atoms with van der Waals surface area (Å²) in [7, 11) is 0. The first kappa shape index (κ1) is 22.9. The summed E-state index contributed by atoms with van der Waals surface area (Å²) in [5, 5.41) is 5.73. The van der Waals surface area contributed by atoms with Crippen LogP contribution in [0.5, 0.6) is 0 Å². The van der Waals surface area contributed by atoms with E-state index in [9.17, 15) is 14.0 Å². The second-order valence-corrected chi connectivity index (χ2v) is 8.39. The van der Waals surface area contributed by atoms with Crippen LogP contribution in [0.15, 0.2) is 48.5 Å². The van der Waals surface area contributed by atoms with Gasteiger partial charge in [0.2, 0.25) is 0 Å². The van der Waals surface area contributed by atoms with Crippen LogP contribution < -0.4 is 20.4 Å². The van der Waals surface area contributed by atoms with Crippen molar-refractivity contribution in [3.8, 4) is 0 Å². The van der Waals surface area contributed by atoms with Crippen molar-refractivity contribution < 1.29 is 23.8 Å². The summed E-state index contributed by atoms with van der Waals surface area (Å²) in [6.07, 6.45) is 1.09. The van der Waals surface area contributed by atoms with E-state index < -0.39 is 0 Å². The number of benzene rings is 2. The van der Waals surface area contributed by atoms with Crippen molar-refractivity contribution in [1.82, 2.24) is 0 Å². The molecule has 3 rings (SSSR count). The maximum atomic E-state index is 13.2. The van der Waals surface area contributed by atoms with Crippen LogP contribution in [0.2, 0.25) is 0 Å². The average molecular weight is 429 g/mol. The lowest BCUT2D eigenvalue weighted by Crippen LogP contribution is -3.28. The molecule has 0 aromatic heterocycles. The number of carbonyl (C=O) groups is 2. The monoisotopic (exact) mass is 428 g/mol. The zero-order valence-electron chi connectivity index (χ0n) is 18.3. The third kappa shape index (κ3) is 7.15. The second kappa shape index (κ2) is 11.0. The van der Waals surface area contributed by atoms with Crippen LogP contribution in [0.4, 0.5) is 15.8 Å². The molecule has 0 spiro atoms. The highest BCUT2D eigenvalue weighted by atomic mass is 19.1. The molecule has 1 aliphatic heterocycles. The van der Waals surface area contributed by atoms with E-state index in [-0.39, 0.29) is 17.6 Å². The topological polar surface area (TPSA) is 67.1 Å². The molecule has 4 N–H and O–H groups in total. The Labute approximate surface area is 183 Å². The predicted molar refractivity (Wildman–Crippen MR) is 120 cm³/mol. The van der Waals surface area contributed by atoms with Crippen molar-refractivity contribution in [2.45, 2.75) is 26.2 Å². The fraction of sp³-hybridized carbons (Fsp3) is 0.417. The fourth-order valence-corrected chi connectivity index (χ4v) is 3.87. The van der Waals surface area contributed by atoms with Gasteiger partial charge in [-0.05, 0) is 48.2 Å². The number of carbonyl (C=O) groups excluding carboxylic acids is 2. The molecular weight excluding hydrogens is 395 g/mol. The molecule has 166 valence electrons. The smallest absolute Gasteiger partial charge is 0.279 e. The van der Waals surface area contributed by atoms with Gasteiger partial charge in [-0.25, -0.2) is 4.39 Å². The molecule has 0 radical (unpaired) electrons. The summed E-state index contributed by atoms with van der Waals surface area (Å²) < 4.78 is 13.2. The number of amides is 2. The molecule has 1 atom stereocenters. The lowest BCUT2D eigenvalue weighted by atomic mass is 9.99. The number of piperazine rings is 1. The molecule has 1 aliphatic rings. The first-order valence-electron chi connectivity index (χ1n) is 11.0. The SMILES string of the molecule is CC[C@@H](C)c1ccc(NC(=O)C[NH+]2CC[NH+](CC(=O)Nc3cccc(F)c3)CC2)cc1. The summed E-state index contributed by atoms with van der Waals surface area (Å²) in [6, 6.07) is 14.0. The minimum atomic E-state index is -0.368. The molecular formula is C24H33FN4O2+2. The zero-order valence-corrected chi connectivity index (χ0v) is 18.3. The molecule has 2 aromatic rings. The Morgan fingerprint density at radius 3 is 1.97 bits per heavy atom. The number of anilines is 2. The molecule has 7 heteroatoms. The van der Waals surface area contributed by atoms with Gasteiger partial charge < -0.3 is 20.4 Å². The van der Waals surface area contributed by atoms with Gasteiger partial charge in [-0.1, -0.05) is 32.0 Å². The van der Waals surface area contributed by atoms with E-state index >= 15 is 0 Å². The highest BCUT2D eigenvalue weighted by molar-refractivity contribution is 5.92. The van der Waals surface area contributed by atoms with Crippen LogP contribution in [-0.4, -0.2) is 51.1 Å². The Bertz CT molecular complexity index is 879. The third-order valence-corrected chi connectivity index (χ3v) is 5.97. The van der Waals surface area contributed by atoms with Gasteiger partial charge in [0.15, 0.2) is 13.1 Å². The Morgan fingerprint density at radius 1 is 0.903 bits per heavy atom. The number of halogens is 1. The molecule has 0 saturated carbocycles. The van der Waals surface area contributed by atoms with Gasteiger partial charge in [-0.3, -0.25) is 9.59 Å². The summed E-state index contributed by atoms with van der Waals surface area (Å²) >= 11 is 0. The highest BCUT2D eigenvalue weighted by Gasteiger charge is 2.26. The summed E-state index contributed by atoms with van der Waals surface area (Å²) in [6.45, 7) is 8.46. The maximum absolute atomic E-state index is 13.2. The lowest BCUT2D eigenvalue weighted by molar-refractivity contribution is -1.00. The van der Waals surface area contributed by atoms with Crippen LogP contribution in [0.3, 0.4) is 0 Å². The van der Waals surface area contributed by atoms with Gasteiger partial charge >= 0.3 is 0 Å². The molecule has 6 nitrogen and oxygen atoms in total. The molecule has 2 amide bonds. The summed E-state index contributed by atoms with van der Waals surface area (Å²) in [4.78, 5) is 27.0. The summed E-state index contributed by atoms with van der Waals surface area (Å²) in [5.41, 5.74) is 2.59. The van der Waals surface area contributed by atoms with E-state index in [1.54, 1.807) is 12.1 Å². The fourth-order valence-electron chi connectivity index (χ4n) is 3.87. The van der Waals surface area contributed by atoms with Gasteiger partial charge in [0.1, 0.15) is 32.0 Å². The number of nitrogens with one attached hydrogen (secondary N) is 4. The van der Waals surface area contributed by atoms with Gasteiger partial charge in [-0.15, -0.1) is 0 Å². The van der Waals surface area contributed by atoms with E-state index in [4.69, 9.17) is 0 Å². The van der Waals surface area contributed by atoms with Gasteiger partial charge in [-0.2, -0.15) is 0 Å². The van der Waals surface area contributed by atoms with Crippen molar-refractivity contribution in [1.29, 1.82) is 0 Å². The van der Waals surface area contributed by atoms with Crippen LogP contribution in [0.1, 0.15) is 31.7 Å². The van der Waals surface area contributed by atoms with E-state index in [0.29, 0.717) is 24.7 Å². The quantitative estimate of drug-likeness (QED) is 0.500. The van der Waals surface area contributed by atoms with Gasteiger partial charge in [0.05, 0.1) is 0 Å². The van der Waals surface area contributed by atoms with Crippen molar-refractivity contribution >= 4 is 23.2 Å². The third-order valence-electron chi connectivity index (χ3n) is 5.97. The van der Waals surface area contributed by atoms with Crippen LogP contribution in [0.25, 0.3) is 0 Å². The van der Waals surface area contributed by atoms with E-state index in [0.717, 1.165) is 38.3 Å². The van der Waals surface area contributed by atoms with Crippen LogP contribution >= 0.6 is 0 Å². The second-order valence-electron chi connectivity index (χ2n) is 8.39. The Kier molecular flexibility index (Phi) is 8.14. The normalized spacial score (nSPS) is 19.5. The van der Waals surface area contributed by atoms with Gasteiger partial charge in [0, 0.05) is 11.4 Å². The molecule has 0 bridgehead atoms. The molecule has 1 fully saturated rings. The van der Waals surface area contributed by atoms with E-state index in [1.807, 2.05) is 12.1 Å². The van der Waals surface area contributed by atoms with E-state index in [2.05, 4.69) is 36.6 Å². The standard InChI is InChI=1S/C24H31FN4O2/c1-3-18(2)19-7-9-21(10-8-19)26-23(30)16-28-11-13-29(14-12-28)17-24(31)27-22-6-4-5-20(25)15-22/h4-10,15,18H,3,11-14,16-17H2,1-2H3,(H,26,30)(H,27,31)/p+2/t18-/m1/s1. The zero-order chi connectivity index (χ0) is 22.2. The largest absolute Gasteiger partial charge is 0.321 e. The molecule has 2 aromatic carbocycles. The molecule has 1 saturated heterocycles. The molecule has 31 heavy (non-hydrogen) atoms. The first-order chi connectivity index (χ1) is 14.9. The number of hydrogen-bond donors (Lipinski definition) is 4. The highest BCUT2D eigenvalue weighted by Crippen LogP contribution is 2.20. The number of hydrogen-bond acceptors (Lipinski definition) is 2. The minimum Gasteiger partial charge on any atom is -0.321 e. The average Bonchev–Trinajstić information content (AvgIpc) is 2.75. The number of rotatable bonds is 8. The van der Waals surface area contributed by atoms with Crippen LogP contribution in [-0.2, 0) is 9.59 Å². The van der Waals surface area contributed by atoms with E-state index in [1.165, 1.54) is 27.5 Å². The summed E-state index contributed by atoms with van der Waals surface area (Å²) in [5.74, 6) is 0.0391. The Balaban J connectivity index is 1.38.